The number of carbonyl (C=O) groups is 3. The Morgan fingerprint density at radius 3 is 2.05 bits per heavy atom. The molecule has 1 heterocycles. The number of hydrogen-bond acceptors (Lipinski definition) is 5. The number of carbonyl (C=O) groups excluding carboxylic acids is 1. The first-order valence-corrected chi connectivity index (χ1v) is 6.03. The summed E-state index contributed by atoms with van der Waals surface area (Å²) in [5.74, 6) is -2.24. The molecule has 9 nitrogen and oxygen atoms in total. The van der Waals surface area contributed by atoms with Crippen LogP contribution in [0, 0.1) is 0 Å². The van der Waals surface area contributed by atoms with Crippen molar-refractivity contribution < 1.29 is 24.6 Å². The van der Waals surface area contributed by atoms with E-state index in [-0.39, 0.29) is 0 Å². The number of hydrogen-bond donors (Lipinski definition) is 5. The predicted molar refractivity (Wildman–Crippen MR) is 78.8 cm³/mol. The Hall–Kier alpha value is -2.94. The van der Waals surface area contributed by atoms with Crippen LogP contribution < -0.4 is 11.5 Å². The first kappa shape index (κ1) is 19.1. The van der Waals surface area contributed by atoms with Gasteiger partial charge in [0.1, 0.15) is 6.04 Å². The highest BCUT2D eigenvalue weighted by Crippen LogP contribution is 2.19. The van der Waals surface area contributed by atoms with Crippen molar-refractivity contribution in [1.29, 1.82) is 0 Å². The second-order valence-corrected chi connectivity index (χ2v) is 4.07. The summed E-state index contributed by atoms with van der Waals surface area (Å²) < 4.78 is 0. The van der Waals surface area contributed by atoms with Crippen molar-refractivity contribution in [2.45, 2.75) is 19.9 Å². The Morgan fingerprint density at radius 2 is 1.59 bits per heavy atom. The van der Waals surface area contributed by atoms with Crippen LogP contribution in [0.3, 0.4) is 0 Å². The minimum Gasteiger partial charge on any atom is -0.481 e. The maximum Gasteiger partial charge on any atom is 0.300 e. The summed E-state index contributed by atoms with van der Waals surface area (Å²) in [4.78, 5) is 28.9. The van der Waals surface area contributed by atoms with Gasteiger partial charge in [0.25, 0.3) is 11.9 Å². The average Bonchev–Trinajstić information content (AvgIpc) is 2.80. The Labute approximate surface area is 125 Å². The van der Waals surface area contributed by atoms with Gasteiger partial charge in [-0.05, 0) is 6.07 Å². The van der Waals surface area contributed by atoms with Crippen molar-refractivity contribution in [3.8, 4) is 0 Å². The van der Waals surface area contributed by atoms with Crippen LogP contribution in [-0.2, 0) is 14.4 Å². The topological polar surface area (TPSA) is 172 Å². The second kappa shape index (κ2) is 9.08. The summed E-state index contributed by atoms with van der Waals surface area (Å²) in [6.45, 7) is 2.17. The normalized spacial score (nSPS) is 10.5. The first-order chi connectivity index (χ1) is 10.2. The lowest BCUT2D eigenvalue weighted by atomic mass is 10.1. The van der Waals surface area contributed by atoms with Crippen molar-refractivity contribution in [1.82, 2.24) is 10.2 Å². The molecule has 0 bridgehead atoms. The van der Waals surface area contributed by atoms with E-state index in [2.05, 4.69) is 10.2 Å². The molecule has 0 aliphatic carbocycles. The Balaban J connectivity index is 0.000000464. The van der Waals surface area contributed by atoms with Crippen LogP contribution in [0.15, 0.2) is 24.3 Å². The van der Waals surface area contributed by atoms with Crippen LogP contribution in [0.2, 0.25) is 0 Å². The molecule has 0 spiro atoms. The van der Waals surface area contributed by atoms with Gasteiger partial charge >= 0.3 is 0 Å². The number of carboxylic acids is 2. The number of amides is 1. The summed E-state index contributed by atoms with van der Waals surface area (Å²) in [5.41, 5.74) is 12.0. The highest BCUT2D eigenvalue weighted by Gasteiger charge is 2.17. The maximum atomic E-state index is 10.9. The fraction of sp³-hybridized carbons (Fsp3) is 0.231. The molecule has 0 radical (unpaired) electrons. The molecule has 0 aliphatic rings. The van der Waals surface area contributed by atoms with Gasteiger partial charge in [0.05, 0.1) is 11.2 Å². The molecule has 1 aromatic heterocycles. The number of benzene rings is 1. The summed E-state index contributed by atoms with van der Waals surface area (Å²) in [6.07, 6.45) is 0. The minimum atomic E-state index is -0.833. The molecule has 0 saturated heterocycles. The fourth-order valence-corrected chi connectivity index (χ4v) is 1.36. The highest BCUT2D eigenvalue weighted by atomic mass is 16.4. The Morgan fingerprint density at radius 1 is 1.14 bits per heavy atom. The standard InChI is InChI=1S/C9H10N4O.2C2H4O2/c10-7(9(11)14)8-5-3-1-2-4-6(5)12-13-8;2*1-2(3)4/h1-4,7H,10H2,(H2,11,14)(H,12,13);2*1H3,(H,3,4). The van der Waals surface area contributed by atoms with E-state index in [9.17, 15) is 4.79 Å². The third kappa shape index (κ3) is 7.01. The van der Waals surface area contributed by atoms with Crippen molar-refractivity contribution in [2.75, 3.05) is 0 Å². The molecule has 1 aromatic carbocycles. The number of aromatic nitrogens is 2. The summed E-state index contributed by atoms with van der Waals surface area (Å²) in [7, 11) is 0. The molecule has 0 saturated carbocycles. The number of H-pyrrole nitrogens is 1. The van der Waals surface area contributed by atoms with Gasteiger partial charge in [-0.2, -0.15) is 5.10 Å². The predicted octanol–water partition coefficient (Wildman–Crippen LogP) is 0.230. The van der Waals surface area contributed by atoms with E-state index >= 15 is 0 Å². The van der Waals surface area contributed by atoms with Crippen molar-refractivity contribution >= 4 is 28.7 Å². The van der Waals surface area contributed by atoms with Crippen LogP contribution in [-0.4, -0.2) is 38.3 Å². The van der Waals surface area contributed by atoms with E-state index < -0.39 is 23.9 Å². The van der Waals surface area contributed by atoms with E-state index in [1.807, 2.05) is 24.3 Å². The van der Waals surface area contributed by atoms with E-state index in [0.717, 1.165) is 24.8 Å². The van der Waals surface area contributed by atoms with Gasteiger partial charge in [-0.25, -0.2) is 0 Å². The number of nitrogens with one attached hydrogen (secondary N) is 1. The molecule has 9 heteroatoms. The highest BCUT2D eigenvalue weighted by molar-refractivity contribution is 5.89. The molecule has 0 fully saturated rings. The number of nitrogens with two attached hydrogens (primary N) is 2. The van der Waals surface area contributed by atoms with Gasteiger partial charge in [0, 0.05) is 19.2 Å². The van der Waals surface area contributed by atoms with E-state index in [1.165, 1.54) is 0 Å². The number of para-hydroxylation sites is 1. The van der Waals surface area contributed by atoms with E-state index in [1.54, 1.807) is 0 Å². The number of aliphatic carboxylic acids is 2. The molecule has 1 amide bonds. The minimum absolute atomic E-state index is 0.563. The van der Waals surface area contributed by atoms with Gasteiger partial charge in [-0.1, -0.05) is 18.2 Å². The molecular weight excluding hydrogens is 292 g/mol. The molecule has 22 heavy (non-hydrogen) atoms. The van der Waals surface area contributed by atoms with Gasteiger partial charge in [-0.15, -0.1) is 0 Å². The average molecular weight is 310 g/mol. The third-order valence-electron chi connectivity index (χ3n) is 2.11. The SMILES string of the molecule is CC(=O)O.CC(=O)O.NC(=O)C(N)c1[nH]nc2ccccc12. The quantitative estimate of drug-likeness (QED) is 0.527. The van der Waals surface area contributed by atoms with Crippen LogP contribution in [0.25, 0.3) is 10.9 Å². The Kier molecular flexibility index (Phi) is 7.87. The lowest BCUT2D eigenvalue weighted by Gasteiger charge is -2.03. The number of aromatic amines is 1. The van der Waals surface area contributed by atoms with Crippen molar-refractivity contribution in [2.24, 2.45) is 11.5 Å². The zero-order valence-electron chi connectivity index (χ0n) is 12.1. The van der Waals surface area contributed by atoms with Gasteiger partial charge in [-0.3, -0.25) is 19.5 Å². The van der Waals surface area contributed by atoms with Crippen LogP contribution >= 0.6 is 0 Å². The number of carboxylic acid groups (broad SMARTS) is 2. The van der Waals surface area contributed by atoms with Crippen LogP contribution in [0.4, 0.5) is 0 Å². The monoisotopic (exact) mass is 310 g/mol. The maximum absolute atomic E-state index is 10.9. The van der Waals surface area contributed by atoms with Gasteiger partial charge < -0.3 is 21.7 Å². The van der Waals surface area contributed by atoms with Crippen molar-refractivity contribution in [3.63, 3.8) is 0 Å². The van der Waals surface area contributed by atoms with Gasteiger partial charge in [0.2, 0.25) is 5.91 Å². The van der Waals surface area contributed by atoms with Crippen LogP contribution in [0.5, 0.6) is 0 Å². The van der Waals surface area contributed by atoms with Crippen LogP contribution in [0.1, 0.15) is 25.6 Å². The molecular formula is C13H18N4O5. The zero-order chi connectivity index (χ0) is 17.3. The number of primary amides is 1. The summed E-state index contributed by atoms with van der Waals surface area (Å²) in [5, 5.41) is 22.4. The second-order valence-electron chi connectivity index (χ2n) is 4.07. The Bertz CT molecular complexity index is 633. The lowest BCUT2D eigenvalue weighted by Crippen LogP contribution is -2.28. The first-order valence-electron chi connectivity index (χ1n) is 6.03. The lowest BCUT2D eigenvalue weighted by molar-refractivity contribution is -0.135. The zero-order valence-corrected chi connectivity index (χ0v) is 12.1. The molecule has 1 atom stereocenters. The third-order valence-corrected chi connectivity index (χ3v) is 2.11. The molecule has 2 aromatic rings. The van der Waals surface area contributed by atoms with Gasteiger partial charge in [0.15, 0.2) is 0 Å². The molecule has 1 unspecified atom stereocenters. The fourth-order valence-electron chi connectivity index (χ4n) is 1.36. The molecule has 2 rings (SSSR count). The smallest absolute Gasteiger partial charge is 0.300 e. The largest absolute Gasteiger partial charge is 0.481 e. The molecule has 7 N–H and O–H groups in total. The van der Waals surface area contributed by atoms with E-state index in [4.69, 9.17) is 31.3 Å². The molecule has 0 aliphatic heterocycles. The summed E-state index contributed by atoms with van der Waals surface area (Å²) >= 11 is 0. The summed E-state index contributed by atoms with van der Waals surface area (Å²) in [6, 6.07) is 6.57. The number of nitrogens with zero attached hydrogens (tertiary/aromatic N) is 1. The van der Waals surface area contributed by atoms with E-state index in [0.29, 0.717) is 5.69 Å². The number of rotatable bonds is 2. The number of fused-ring (bicyclic) bond motifs is 1. The molecule has 120 valence electrons. The van der Waals surface area contributed by atoms with Crippen molar-refractivity contribution in [3.05, 3.63) is 30.0 Å².